The lowest BCUT2D eigenvalue weighted by atomic mass is 10.3. The standard InChI is InChI=1S/C8H11N3OS/c1-12-7-4-2-6(3-5-7)11(10)8(9)13/h2-5H,10H2,1H3,(H2,9,13). The summed E-state index contributed by atoms with van der Waals surface area (Å²) >= 11 is 4.71. The monoisotopic (exact) mass is 197 g/mol. The van der Waals surface area contributed by atoms with Gasteiger partial charge in [-0.3, -0.25) is 5.01 Å². The molecule has 0 saturated heterocycles. The minimum Gasteiger partial charge on any atom is -0.497 e. The number of hydrogen-bond donors (Lipinski definition) is 2. The van der Waals surface area contributed by atoms with Gasteiger partial charge in [0.1, 0.15) is 5.75 Å². The summed E-state index contributed by atoms with van der Waals surface area (Å²) in [5.41, 5.74) is 6.07. The summed E-state index contributed by atoms with van der Waals surface area (Å²) in [5.74, 6) is 6.32. The predicted octanol–water partition coefficient (Wildman–Crippen LogP) is 0.619. The summed E-state index contributed by atoms with van der Waals surface area (Å²) in [4.78, 5) is 0. The average Bonchev–Trinajstić information content (AvgIpc) is 2.17. The Hall–Kier alpha value is -1.33. The third-order valence-electron chi connectivity index (χ3n) is 1.59. The fourth-order valence-corrected chi connectivity index (χ4v) is 0.975. The molecular weight excluding hydrogens is 186 g/mol. The Morgan fingerprint density at radius 2 is 1.92 bits per heavy atom. The van der Waals surface area contributed by atoms with E-state index in [1.807, 2.05) is 0 Å². The molecule has 0 aliphatic rings. The molecule has 0 spiro atoms. The third kappa shape index (κ3) is 2.30. The number of methoxy groups -OCH3 is 1. The van der Waals surface area contributed by atoms with Crippen molar-refractivity contribution in [3.8, 4) is 5.75 Å². The zero-order valence-electron chi connectivity index (χ0n) is 7.23. The quantitative estimate of drug-likeness (QED) is 0.413. The molecule has 0 bridgehead atoms. The van der Waals surface area contributed by atoms with Crippen molar-refractivity contribution >= 4 is 23.0 Å². The Balaban J connectivity index is 2.85. The van der Waals surface area contributed by atoms with E-state index in [4.69, 9.17) is 28.5 Å². The summed E-state index contributed by atoms with van der Waals surface area (Å²) in [6.07, 6.45) is 0. The number of thiocarbonyl (C=S) groups is 1. The van der Waals surface area contributed by atoms with Crippen LogP contribution in [0.4, 0.5) is 5.69 Å². The number of ether oxygens (including phenoxy) is 1. The lowest BCUT2D eigenvalue weighted by Crippen LogP contribution is -2.41. The second-order valence-electron chi connectivity index (χ2n) is 2.41. The van der Waals surface area contributed by atoms with E-state index in [2.05, 4.69) is 0 Å². The van der Waals surface area contributed by atoms with Gasteiger partial charge in [0.05, 0.1) is 12.8 Å². The first-order chi connectivity index (χ1) is 6.15. The molecule has 0 heterocycles. The van der Waals surface area contributed by atoms with Crippen molar-refractivity contribution < 1.29 is 4.74 Å². The molecule has 4 N–H and O–H groups in total. The molecule has 0 aliphatic heterocycles. The van der Waals surface area contributed by atoms with Gasteiger partial charge in [-0.05, 0) is 36.5 Å². The van der Waals surface area contributed by atoms with Gasteiger partial charge in [0.15, 0.2) is 5.11 Å². The maximum atomic E-state index is 5.56. The van der Waals surface area contributed by atoms with Crippen molar-refractivity contribution in [3.63, 3.8) is 0 Å². The summed E-state index contributed by atoms with van der Waals surface area (Å²) in [5, 5.41) is 1.36. The molecule has 0 atom stereocenters. The van der Waals surface area contributed by atoms with E-state index in [0.29, 0.717) is 0 Å². The fraction of sp³-hybridized carbons (Fsp3) is 0.125. The molecule has 1 rings (SSSR count). The molecule has 0 saturated carbocycles. The number of nitrogens with zero attached hydrogens (tertiary/aromatic N) is 1. The Bertz CT molecular complexity index is 299. The molecule has 13 heavy (non-hydrogen) atoms. The Morgan fingerprint density at radius 1 is 1.38 bits per heavy atom. The predicted molar refractivity (Wildman–Crippen MR) is 56.4 cm³/mol. The number of anilines is 1. The van der Waals surface area contributed by atoms with E-state index in [-0.39, 0.29) is 5.11 Å². The van der Waals surface area contributed by atoms with E-state index in [9.17, 15) is 0 Å². The highest BCUT2D eigenvalue weighted by Crippen LogP contribution is 2.16. The van der Waals surface area contributed by atoms with E-state index in [1.165, 1.54) is 5.01 Å². The van der Waals surface area contributed by atoms with Gasteiger partial charge >= 0.3 is 0 Å². The van der Waals surface area contributed by atoms with E-state index >= 15 is 0 Å². The number of hydrazine groups is 1. The van der Waals surface area contributed by atoms with Gasteiger partial charge < -0.3 is 10.5 Å². The molecular formula is C8H11N3OS. The normalized spacial score (nSPS) is 9.38. The lowest BCUT2D eigenvalue weighted by molar-refractivity contribution is 0.415. The molecule has 70 valence electrons. The van der Waals surface area contributed by atoms with Crippen molar-refractivity contribution in [2.45, 2.75) is 0 Å². The summed E-state index contributed by atoms with van der Waals surface area (Å²) in [6, 6.07) is 7.12. The Kier molecular flexibility index (Phi) is 3.05. The Labute approximate surface area is 82.0 Å². The third-order valence-corrected chi connectivity index (χ3v) is 1.78. The molecule has 0 radical (unpaired) electrons. The smallest absolute Gasteiger partial charge is 0.185 e. The molecule has 0 amide bonds. The van der Waals surface area contributed by atoms with Crippen LogP contribution in [0.25, 0.3) is 0 Å². The van der Waals surface area contributed by atoms with Gasteiger partial charge in [-0.25, -0.2) is 5.84 Å². The minimum absolute atomic E-state index is 0.130. The van der Waals surface area contributed by atoms with Crippen molar-refractivity contribution in [3.05, 3.63) is 24.3 Å². The van der Waals surface area contributed by atoms with Crippen LogP contribution in [0, 0.1) is 0 Å². The zero-order valence-corrected chi connectivity index (χ0v) is 8.04. The first-order valence-corrected chi connectivity index (χ1v) is 4.04. The highest BCUT2D eigenvalue weighted by atomic mass is 32.1. The van der Waals surface area contributed by atoms with Crippen molar-refractivity contribution in [1.82, 2.24) is 0 Å². The Morgan fingerprint density at radius 3 is 2.31 bits per heavy atom. The van der Waals surface area contributed by atoms with Crippen LogP contribution in [0.2, 0.25) is 0 Å². The molecule has 0 unspecified atom stereocenters. The van der Waals surface area contributed by atoms with Crippen LogP contribution < -0.4 is 21.3 Å². The zero-order chi connectivity index (χ0) is 9.84. The number of hydrogen-bond acceptors (Lipinski definition) is 3. The van der Waals surface area contributed by atoms with Gasteiger partial charge in [0.2, 0.25) is 0 Å². The lowest BCUT2D eigenvalue weighted by Gasteiger charge is -2.15. The molecule has 0 aliphatic carbocycles. The van der Waals surface area contributed by atoms with Crippen LogP contribution >= 0.6 is 12.2 Å². The van der Waals surface area contributed by atoms with Crippen LogP contribution in [0.15, 0.2) is 24.3 Å². The number of nitrogens with two attached hydrogens (primary N) is 2. The molecule has 0 aromatic heterocycles. The highest BCUT2D eigenvalue weighted by Gasteiger charge is 2.02. The summed E-state index contributed by atoms with van der Waals surface area (Å²) < 4.78 is 4.99. The maximum absolute atomic E-state index is 5.56. The SMILES string of the molecule is COc1ccc(N(N)C(N)=S)cc1. The van der Waals surface area contributed by atoms with Crippen molar-refractivity contribution in [2.75, 3.05) is 12.1 Å². The van der Waals surface area contributed by atoms with Crippen LogP contribution in [-0.4, -0.2) is 12.2 Å². The molecule has 4 nitrogen and oxygen atoms in total. The fourth-order valence-electron chi connectivity index (χ4n) is 0.870. The highest BCUT2D eigenvalue weighted by molar-refractivity contribution is 7.80. The van der Waals surface area contributed by atoms with E-state index < -0.39 is 0 Å². The van der Waals surface area contributed by atoms with Gasteiger partial charge in [-0.2, -0.15) is 0 Å². The van der Waals surface area contributed by atoms with Crippen LogP contribution in [0.5, 0.6) is 5.75 Å². The van der Waals surface area contributed by atoms with Crippen LogP contribution in [0.1, 0.15) is 0 Å². The topological polar surface area (TPSA) is 64.5 Å². The second kappa shape index (κ2) is 4.06. The van der Waals surface area contributed by atoms with Crippen LogP contribution in [0.3, 0.4) is 0 Å². The maximum Gasteiger partial charge on any atom is 0.185 e. The molecule has 0 fully saturated rings. The minimum atomic E-state index is 0.130. The summed E-state index contributed by atoms with van der Waals surface area (Å²) in [7, 11) is 1.60. The van der Waals surface area contributed by atoms with Gasteiger partial charge in [-0.15, -0.1) is 0 Å². The largest absolute Gasteiger partial charge is 0.497 e. The molecule has 1 aromatic carbocycles. The van der Waals surface area contributed by atoms with Gasteiger partial charge in [-0.1, -0.05) is 0 Å². The van der Waals surface area contributed by atoms with E-state index in [1.54, 1.807) is 31.4 Å². The van der Waals surface area contributed by atoms with Crippen LogP contribution in [-0.2, 0) is 0 Å². The van der Waals surface area contributed by atoms with Gasteiger partial charge in [0.25, 0.3) is 0 Å². The number of rotatable bonds is 2. The first kappa shape index (κ1) is 9.76. The van der Waals surface area contributed by atoms with Crippen molar-refractivity contribution in [2.24, 2.45) is 11.6 Å². The number of benzene rings is 1. The van der Waals surface area contributed by atoms with E-state index in [0.717, 1.165) is 11.4 Å². The molecule has 1 aromatic rings. The van der Waals surface area contributed by atoms with Crippen molar-refractivity contribution in [1.29, 1.82) is 0 Å². The summed E-state index contributed by atoms with van der Waals surface area (Å²) in [6.45, 7) is 0. The first-order valence-electron chi connectivity index (χ1n) is 3.63. The molecule has 5 heteroatoms. The second-order valence-corrected chi connectivity index (χ2v) is 2.82. The van der Waals surface area contributed by atoms with Gasteiger partial charge in [0, 0.05) is 0 Å². The average molecular weight is 197 g/mol.